The number of nitrogens with one attached hydrogen (secondary N) is 2. The van der Waals surface area contributed by atoms with Crippen molar-refractivity contribution in [2.45, 2.75) is 50.8 Å². The molecule has 6 heteroatoms. The van der Waals surface area contributed by atoms with Crippen LogP contribution in [0.1, 0.15) is 44.6 Å². The van der Waals surface area contributed by atoms with Crippen molar-refractivity contribution in [3.05, 3.63) is 35.9 Å². The van der Waals surface area contributed by atoms with Crippen LogP contribution in [-0.2, 0) is 16.6 Å². The van der Waals surface area contributed by atoms with E-state index in [1.165, 1.54) is 45.2 Å². The second kappa shape index (κ2) is 11.6. The molecule has 3 rings (SSSR count). The number of likely N-dealkylation sites (tertiary alicyclic amines) is 1. The van der Waals surface area contributed by atoms with Crippen LogP contribution in [0.25, 0.3) is 0 Å². The Balaban J connectivity index is 1.40. The van der Waals surface area contributed by atoms with Crippen LogP contribution in [0.15, 0.2) is 35.3 Å². The van der Waals surface area contributed by atoms with Gasteiger partial charge in [-0.1, -0.05) is 43.2 Å². The molecule has 1 aromatic carbocycles. The Morgan fingerprint density at radius 3 is 2.75 bits per heavy atom. The van der Waals surface area contributed by atoms with Gasteiger partial charge in [0, 0.05) is 54.5 Å². The largest absolute Gasteiger partial charge is 0.357 e. The zero-order chi connectivity index (χ0) is 19.6. The number of benzene rings is 1. The second-order valence-electron chi connectivity index (χ2n) is 8.07. The smallest absolute Gasteiger partial charge is 0.191 e. The van der Waals surface area contributed by atoms with E-state index in [-0.39, 0.29) is 0 Å². The van der Waals surface area contributed by atoms with Crippen LogP contribution in [0.2, 0.25) is 0 Å². The average Bonchev–Trinajstić information content (AvgIpc) is 3.35. The van der Waals surface area contributed by atoms with E-state index in [1.807, 2.05) is 30.3 Å². The summed E-state index contributed by atoms with van der Waals surface area (Å²) in [4.78, 5) is 7.29. The van der Waals surface area contributed by atoms with Gasteiger partial charge in [0.05, 0.1) is 6.54 Å². The predicted octanol–water partition coefficient (Wildman–Crippen LogP) is 2.75. The Morgan fingerprint density at radius 2 is 2.00 bits per heavy atom. The Kier molecular flexibility index (Phi) is 8.80. The molecular weight excluding hydrogens is 368 g/mol. The van der Waals surface area contributed by atoms with E-state index >= 15 is 0 Å². The second-order valence-corrected chi connectivity index (χ2v) is 9.65. The lowest BCUT2D eigenvalue weighted by Gasteiger charge is -2.21. The fourth-order valence-corrected chi connectivity index (χ4v) is 5.28. The normalized spacial score (nSPS) is 22.5. The lowest BCUT2D eigenvalue weighted by atomic mass is 10.1. The van der Waals surface area contributed by atoms with Gasteiger partial charge in [0.15, 0.2) is 5.96 Å². The van der Waals surface area contributed by atoms with Gasteiger partial charge in [0.25, 0.3) is 0 Å². The van der Waals surface area contributed by atoms with E-state index in [4.69, 9.17) is 0 Å². The number of guanidine groups is 1. The van der Waals surface area contributed by atoms with Crippen LogP contribution >= 0.6 is 0 Å². The maximum atomic E-state index is 12.3. The Morgan fingerprint density at radius 1 is 1.21 bits per heavy atom. The van der Waals surface area contributed by atoms with Crippen LogP contribution in [0, 0.1) is 5.92 Å². The molecule has 1 aliphatic heterocycles. The van der Waals surface area contributed by atoms with Gasteiger partial charge < -0.3 is 15.5 Å². The molecule has 1 aliphatic carbocycles. The molecule has 1 saturated carbocycles. The van der Waals surface area contributed by atoms with Crippen LogP contribution in [0.5, 0.6) is 0 Å². The molecule has 1 saturated heterocycles. The summed E-state index contributed by atoms with van der Waals surface area (Å²) in [5.74, 6) is 3.00. The van der Waals surface area contributed by atoms with Gasteiger partial charge in [0.1, 0.15) is 0 Å². The summed E-state index contributed by atoms with van der Waals surface area (Å²) in [6.45, 7) is 7.09. The molecule has 28 heavy (non-hydrogen) atoms. The summed E-state index contributed by atoms with van der Waals surface area (Å²) in [5, 5.41) is 6.94. The summed E-state index contributed by atoms with van der Waals surface area (Å²) >= 11 is 0. The Hall–Kier alpha value is -1.40. The quantitative estimate of drug-likeness (QED) is 0.491. The van der Waals surface area contributed by atoms with Crippen molar-refractivity contribution >= 4 is 16.8 Å². The molecule has 2 atom stereocenters. The summed E-state index contributed by atoms with van der Waals surface area (Å²) in [6, 6.07) is 10.5. The fraction of sp³-hybridized carbons (Fsp3) is 0.682. The van der Waals surface area contributed by atoms with Gasteiger partial charge in [-0.15, -0.1) is 0 Å². The van der Waals surface area contributed by atoms with Gasteiger partial charge >= 0.3 is 0 Å². The zero-order valence-electron chi connectivity index (χ0n) is 17.2. The van der Waals surface area contributed by atoms with Gasteiger partial charge in [-0.05, 0) is 37.7 Å². The van der Waals surface area contributed by atoms with E-state index in [2.05, 4.69) is 27.4 Å². The van der Waals surface area contributed by atoms with E-state index < -0.39 is 10.8 Å². The summed E-state index contributed by atoms with van der Waals surface area (Å²) in [7, 11) is -0.875. The molecule has 2 aliphatic rings. The first-order valence-electron chi connectivity index (χ1n) is 10.9. The Labute approximate surface area is 172 Å². The minimum atomic E-state index is -0.875. The van der Waals surface area contributed by atoms with Crippen molar-refractivity contribution in [3.8, 4) is 0 Å². The van der Waals surface area contributed by atoms with Gasteiger partial charge in [-0.25, -0.2) is 0 Å². The van der Waals surface area contributed by atoms with Gasteiger partial charge in [0.2, 0.25) is 0 Å². The number of hydrogen-bond acceptors (Lipinski definition) is 3. The average molecular weight is 405 g/mol. The van der Waals surface area contributed by atoms with Crippen molar-refractivity contribution in [1.29, 1.82) is 0 Å². The molecule has 0 bridgehead atoms. The van der Waals surface area contributed by atoms with E-state index in [1.54, 1.807) is 0 Å². The van der Waals surface area contributed by atoms with Crippen LogP contribution < -0.4 is 10.6 Å². The topological polar surface area (TPSA) is 56.7 Å². The third-order valence-electron chi connectivity index (χ3n) is 5.71. The van der Waals surface area contributed by atoms with Crippen molar-refractivity contribution in [2.75, 3.05) is 38.5 Å². The third kappa shape index (κ3) is 7.21. The maximum absolute atomic E-state index is 12.3. The van der Waals surface area contributed by atoms with Crippen molar-refractivity contribution in [1.82, 2.24) is 15.5 Å². The number of aliphatic imine (C=N–C) groups is 1. The molecule has 2 unspecified atom stereocenters. The zero-order valence-corrected chi connectivity index (χ0v) is 18.1. The van der Waals surface area contributed by atoms with Gasteiger partial charge in [-0.2, -0.15) is 0 Å². The highest BCUT2D eigenvalue weighted by molar-refractivity contribution is 7.84. The van der Waals surface area contributed by atoms with Crippen molar-refractivity contribution in [2.24, 2.45) is 10.9 Å². The minimum absolute atomic E-state index is 0.467. The molecule has 0 radical (unpaired) electrons. The molecule has 0 aromatic heterocycles. The van der Waals surface area contributed by atoms with Crippen LogP contribution in [0.4, 0.5) is 0 Å². The first-order chi connectivity index (χ1) is 13.7. The molecule has 2 N–H and O–H groups in total. The van der Waals surface area contributed by atoms with E-state index in [0.717, 1.165) is 30.5 Å². The van der Waals surface area contributed by atoms with Crippen molar-refractivity contribution < 1.29 is 4.21 Å². The molecule has 1 heterocycles. The molecule has 156 valence electrons. The highest BCUT2D eigenvalue weighted by atomic mass is 32.2. The molecule has 5 nitrogen and oxygen atoms in total. The molecule has 2 fully saturated rings. The standard InChI is InChI=1S/C22H36N4OS/c1-2-23-22(24-13-15-28(27)18-20-10-4-3-5-11-20)25-21-12-14-26(17-21)16-19-8-6-7-9-19/h3-5,10-11,19,21H,2,6-9,12-18H2,1H3,(H2,23,24,25). The molecular formula is C22H36N4OS. The monoisotopic (exact) mass is 404 g/mol. The lowest BCUT2D eigenvalue weighted by molar-refractivity contribution is 0.275. The number of rotatable bonds is 9. The van der Waals surface area contributed by atoms with Crippen molar-refractivity contribution in [3.63, 3.8) is 0 Å². The maximum Gasteiger partial charge on any atom is 0.191 e. The Bertz CT molecular complexity index is 631. The molecule has 0 amide bonds. The minimum Gasteiger partial charge on any atom is -0.357 e. The highest BCUT2D eigenvalue weighted by Gasteiger charge is 2.26. The molecule has 0 spiro atoms. The van der Waals surface area contributed by atoms with Crippen LogP contribution in [-0.4, -0.2) is 59.6 Å². The van der Waals surface area contributed by atoms with E-state index in [9.17, 15) is 4.21 Å². The van der Waals surface area contributed by atoms with E-state index in [0.29, 0.717) is 24.1 Å². The number of nitrogens with zero attached hydrogens (tertiary/aromatic N) is 2. The first-order valence-corrected chi connectivity index (χ1v) is 12.4. The summed E-state index contributed by atoms with van der Waals surface area (Å²) < 4.78 is 12.3. The van der Waals surface area contributed by atoms with Crippen LogP contribution in [0.3, 0.4) is 0 Å². The predicted molar refractivity (Wildman–Crippen MR) is 119 cm³/mol. The summed E-state index contributed by atoms with van der Waals surface area (Å²) in [6.07, 6.45) is 6.85. The summed E-state index contributed by atoms with van der Waals surface area (Å²) in [5.41, 5.74) is 1.13. The molecule has 1 aromatic rings. The fourth-order valence-electron chi connectivity index (χ4n) is 4.28. The third-order valence-corrected chi connectivity index (χ3v) is 7.00. The lowest BCUT2D eigenvalue weighted by Crippen LogP contribution is -2.45. The number of hydrogen-bond donors (Lipinski definition) is 2. The first kappa shape index (κ1) is 21.3. The SMILES string of the molecule is CCNC(=NCCS(=O)Cc1ccccc1)NC1CCN(CC2CCCC2)C1. The highest BCUT2D eigenvalue weighted by Crippen LogP contribution is 2.26. The van der Waals surface area contributed by atoms with Gasteiger partial charge in [-0.3, -0.25) is 9.20 Å².